The Balaban J connectivity index is 1.92. The zero-order valence-corrected chi connectivity index (χ0v) is 12.2. The van der Waals surface area contributed by atoms with Gasteiger partial charge in [0.05, 0.1) is 18.9 Å². The number of hydrogen-bond donors (Lipinski definition) is 1. The van der Waals surface area contributed by atoms with E-state index in [9.17, 15) is 14.7 Å². The molecule has 1 amide bonds. The Kier molecular flexibility index (Phi) is 5.20. The van der Waals surface area contributed by atoms with Gasteiger partial charge in [0.15, 0.2) is 0 Å². The number of rotatable bonds is 4. The molecule has 21 heavy (non-hydrogen) atoms. The summed E-state index contributed by atoms with van der Waals surface area (Å²) < 4.78 is 5.04. The maximum Gasteiger partial charge on any atom is 0.310 e. The molecule has 5 nitrogen and oxygen atoms in total. The highest BCUT2D eigenvalue weighted by molar-refractivity contribution is 5.80. The van der Waals surface area contributed by atoms with Gasteiger partial charge in [-0.3, -0.25) is 9.59 Å². The van der Waals surface area contributed by atoms with Crippen LogP contribution in [-0.2, 0) is 20.7 Å². The summed E-state index contributed by atoms with van der Waals surface area (Å²) in [4.78, 5) is 25.8. The van der Waals surface area contributed by atoms with E-state index in [1.807, 2.05) is 0 Å². The fraction of sp³-hybridized carbons (Fsp3) is 0.500. The monoisotopic (exact) mass is 291 g/mol. The Morgan fingerprint density at radius 2 is 2.05 bits per heavy atom. The molecule has 0 spiro atoms. The molecule has 0 bridgehead atoms. The molecule has 5 heteroatoms. The summed E-state index contributed by atoms with van der Waals surface area (Å²) in [5, 5.41) is 9.24. The van der Waals surface area contributed by atoms with E-state index >= 15 is 0 Å². The molecule has 0 aliphatic carbocycles. The van der Waals surface area contributed by atoms with Crippen molar-refractivity contribution in [3.8, 4) is 5.75 Å². The molecule has 1 N–H and O–H groups in total. The predicted octanol–water partition coefficient (Wildman–Crippen LogP) is 1.74. The molecule has 0 unspecified atom stereocenters. The van der Waals surface area contributed by atoms with Crippen LogP contribution in [0.3, 0.4) is 0 Å². The first-order valence-electron chi connectivity index (χ1n) is 7.32. The van der Waals surface area contributed by atoms with E-state index in [2.05, 4.69) is 0 Å². The maximum atomic E-state index is 12.3. The molecule has 1 aliphatic heterocycles. The van der Waals surface area contributed by atoms with Gasteiger partial charge >= 0.3 is 5.97 Å². The highest BCUT2D eigenvalue weighted by atomic mass is 16.5. The number of hydrogen-bond acceptors (Lipinski definition) is 4. The molecular weight excluding hydrogens is 270 g/mol. The molecule has 0 aromatic heterocycles. The van der Waals surface area contributed by atoms with Crippen LogP contribution in [0.1, 0.15) is 25.3 Å². The predicted molar refractivity (Wildman–Crippen MR) is 77.7 cm³/mol. The van der Waals surface area contributed by atoms with Gasteiger partial charge in [0.1, 0.15) is 5.75 Å². The van der Waals surface area contributed by atoms with Crippen LogP contribution in [0.4, 0.5) is 0 Å². The quantitative estimate of drug-likeness (QED) is 0.858. The number of benzene rings is 1. The fourth-order valence-electron chi connectivity index (χ4n) is 2.56. The third-order valence-electron chi connectivity index (χ3n) is 3.69. The summed E-state index contributed by atoms with van der Waals surface area (Å²) in [5.74, 6) is -0.219. The Morgan fingerprint density at radius 3 is 2.71 bits per heavy atom. The molecule has 0 radical (unpaired) electrons. The van der Waals surface area contributed by atoms with Crippen LogP contribution < -0.4 is 0 Å². The Bertz CT molecular complexity index is 498. The number of ether oxygens (including phenoxy) is 1. The average Bonchev–Trinajstić information content (AvgIpc) is 2.50. The lowest BCUT2D eigenvalue weighted by Crippen LogP contribution is -2.43. The lowest BCUT2D eigenvalue weighted by atomic mass is 9.97. The zero-order chi connectivity index (χ0) is 15.2. The third kappa shape index (κ3) is 4.21. The van der Waals surface area contributed by atoms with E-state index in [0.29, 0.717) is 19.7 Å². The molecule has 1 heterocycles. The summed E-state index contributed by atoms with van der Waals surface area (Å²) in [7, 11) is 0. The van der Waals surface area contributed by atoms with Crippen LogP contribution in [-0.4, -0.2) is 41.6 Å². The second-order valence-corrected chi connectivity index (χ2v) is 5.27. The van der Waals surface area contributed by atoms with Crippen molar-refractivity contribution in [3.63, 3.8) is 0 Å². The van der Waals surface area contributed by atoms with Gasteiger partial charge in [-0.2, -0.15) is 0 Å². The van der Waals surface area contributed by atoms with Crippen LogP contribution in [0, 0.1) is 5.92 Å². The third-order valence-corrected chi connectivity index (χ3v) is 3.69. The summed E-state index contributed by atoms with van der Waals surface area (Å²) in [6.07, 6.45) is 1.89. The van der Waals surface area contributed by atoms with Crippen LogP contribution >= 0.6 is 0 Å². The minimum atomic E-state index is -0.209. The molecule has 0 saturated carbocycles. The molecule has 1 fully saturated rings. The number of carbonyl (C=O) groups excluding carboxylic acids is 2. The van der Waals surface area contributed by atoms with Crippen molar-refractivity contribution in [1.29, 1.82) is 0 Å². The van der Waals surface area contributed by atoms with E-state index in [-0.39, 0.29) is 30.0 Å². The van der Waals surface area contributed by atoms with E-state index in [1.165, 1.54) is 0 Å². The lowest BCUT2D eigenvalue weighted by Gasteiger charge is -2.31. The second-order valence-electron chi connectivity index (χ2n) is 5.27. The molecule has 1 saturated heterocycles. The minimum Gasteiger partial charge on any atom is -0.508 e. The highest BCUT2D eigenvalue weighted by Gasteiger charge is 2.29. The largest absolute Gasteiger partial charge is 0.508 e. The molecule has 1 atom stereocenters. The van der Waals surface area contributed by atoms with Crippen LogP contribution in [0.2, 0.25) is 0 Å². The van der Waals surface area contributed by atoms with Crippen molar-refractivity contribution in [3.05, 3.63) is 29.8 Å². The van der Waals surface area contributed by atoms with E-state index in [0.717, 1.165) is 18.4 Å². The van der Waals surface area contributed by atoms with Gasteiger partial charge in [-0.1, -0.05) is 12.1 Å². The van der Waals surface area contributed by atoms with Crippen molar-refractivity contribution < 1.29 is 19.4 Å². The minimum absolute atomic E-state index is 0.00897. The van der Waals surface area contributed by atoms with Gasteiger partial charge in [-0.25, -0.2) is 0 Å². The highest BCUT2D eigenvalue weighted by Crippen LogP contribution is 2.19. The van der Waals surface area contributed by atoms with Gasteiger partial charge in [0.2, 0.25) is 5.91 Å². The number of carbonyl (C=O) groups is 2. The Morgan fingerprint density at radius 1 is 1.33 bits per heavy atom. The molecule has 1 aromatic rings. The molecule has 1 aromatic carbocycles. The van der Waals surface area contributed by atoms with Crippen molar-refractivity contribution in [2.75, 3.05) is 19.7 Å². The number of phenols is 1. The van der Waals surface area contributed by atoms with Crippen molar-refractivity contribution in [2.24, 2.45) is 5.92 Å². The standard InChI is InChI=1S/C16H21NO4/c1-2-21-16(20)13-4-3-9-17(11-13)15(19)10-12-5-7-14(18)8-6-12/h5-8,13,18H,2-4,9-11H2,1H3/t13-/m1/s1. The molecular formula is C16H21NO4. The molecule has 1 aliphatic rings. The summed E-state index contributed by atoms with van der Waals surface area (Å²) >= 11 is 0. The first-order valence-corrected chi connectivity index (χ1v) is 7.32. The number of nitrogens with zero attached hydrogens (tertiary/aromatic N) is 1. The number of phenolic OH excluding ortho intramolecular Hbond substituents is 1. The Labute approximate surface area is 124 Å². The zero-order valence-electron chi connectivity index (χ0n) is 12.2. The van der Waals surface area contributed by atoms with Crippen molar-refractivity contribution >= 4 is 11.9 Å². The smallest absolute Gasteiger partial charge is 0.310 e. The van der Waals surface area contributed by atoms with Gasteiger partial charge in [-0.15, -0.1) is 0 Å². The SMILES string of the molecule is CCOC(=O)[C@@H]1CCCN(C(=O)Cc2ccc(O)cc2)C1. The summed E-state index contributed by atoms with van der Waals surface area (Å²) in [6, 6.07) is 6.61. The number of aromatic hydroxyl groups is 1. The molecule has 2 rings (SSSR count). The number of esters is 1. The fourth-order valence-corrected chi connectivity index (χ4v) is 2.56. The van der Waals surface area contributed by atoms with E-state index in [4.69, 9.17) is 4.74 Å². The van der Waals surface area contributed by atoms with Crippen LogP contribution in [0.25, 0.3) is 0 Å². The lowest BCUT2D eigenvalue weighted by molar-refractivity contribution is -0.151. The topological polar surface area (TPSA) is 66.8 Å². The summed E-state index contributed by atoms with van der Waals surface area (Å²) in [6.45, 7) is 3.29. The number of piperidine rings is 1. The van der Waals surface area contributed by atoms with Gasteiger partial charge in [0, 0.05) is 13.1 Å². The van der Waals surface area contributed by atoms with Crippen LogP contribution in [0.15, 0.2) is 24.3 Å². The van der Waals surface area contributed by atoms with Gasteiger partial charge in [0.25, 0.3) is 0 Å². The maximum absolute atomic E-state index is 12.3. The van der Waals surface area contributed by atoms with E-state index in [1.54, 1.807) is 36.1 Å². The first-order chi connectivity index (χ1) is 10.1. The normalized spacial score (nSPS) is 18.3. The van der Waals surface area contributed by atoms with Crippen molar-refractivity contribution in [2.45, 2.75) is 26.2 Å². The summed E-state index contributed by atoms with van der Waals surface area (Å²) in [5.41, 5.74) is 0.857. The Hall–Kier alpha value is -2.04. The molecule has 114 valence electrons. The average molecular weight is 291 g/mol. The number of amides is 1. The van der Waals surface area contributed by atoms with Gasteiger partial charge < -0.3 is 14.7 Å². The van der Waals surface area contributed by atoms with E-state index < -0.39 is 0 Å². The first kappa shape index (κ1) is 15.4. The van der Waals surface area contributed by atoms with Crippen LogP contribution in [0.5, 0.6) is 5.75 Å². The number of likely N-dealkylation sites (tertiary alicyclic amines) is 1. The second kappa shape index (κ2) is 7.11. The van der Waals surface area contributed by atoms with Gasteiger partial charge in [-0.05, 0) is 37.5 Å². The van der Waals surface area contributed by atoms with Crippen molar-refractivity contribution in [1.82, 2.24) is 4.90 Å².